The number of amides is 1. The zero-order valence-corrected chi connectivity index (χ0v) is 12.6. The van der Waals surface area contributed by atoms with Crippen LogP contribution >= 0.6 is 11.3 Å². The van der Waals surface area contributed by atoms with Crippen LogP contribution in [0.25, 0.3) is 0 Å². The Morgan fingerprint density at radius 2 is 2.19 bits per heavy atom. The van der Waals surface area contributed by atoms with E-state index in [0.29, 0.717) is 12.1 Å². The van der Waals surface area contributed by atoms with Crippen molar-refractivity contribution < 1.29 is 14.6 Å². The minimum absolute atomic E-state index is 0.151. The maximum atomic E-state index is 11.9. The summed E-state index contributed by atoms with van der Waals surface area (Å²) in [6, 6.07) is 9.99. The number of carbonyl (C=O) groups excluding carboxylic acids is 1. The van der Waals surface area contributed by atoms with E-state index in [2.05, 4.69) is 10.3 Å². The van der Waals surface area contributed by atoms with Crippen molar-refractivity contribution in [3.8, 4) is 0 Å². The fourth-order valence-electron chi connectivity index (χ4n) is 1.82. The van der Waals surface area contributed by atoms with E-state index in [1.165, 1.54) is 18.4 Å². The molecule has 1 aromatic heterocycles. The Morgan fingerprint density at radius 1 is 1.43 bits per heavy atom. The number of aliphatic hydroxyl groups is 1. The molecule has 6 heteroatoms. The van der Waals surface area contributed by atoms with Gasteiger partial charge in [0.25, 0.3) is 5.91 Å². The number of nitrogens with one attached hydrogen (secondary N) is 1. The number of thiazole rings is 1. The van der Waals surface area contributed by atoms with Crippen molar-refractivity contribution in [3.05, 3.63) is 52.0 Å². The molecule has 1 amide bonds. The molecule has 0 aliphatic heterocycles. The second kappa shape index (κ2) is 7.87. The van der Waals surface area contributed by atoms with Gasteiger partial charge in [0.2, 0.25) is 0 Å². The van der Waals surface area contributed by atoms with Crippen molar-refractivity contribution >= 4 is 17.2 Å². The molecular weight excluding hydrogens is 288 g/mol. The number of nitrogens with zero attached hydrogens (tertiary/aromatic N) is 1. The summed E-state index contributed by atoms with van der Waals surface area (Å²) in [5, 5.41) is 14.7. The number of aliphatic hydroxyl groups excluding tert-OH is 1. The number of ether oxygens (including phenoxy) is 1. The third kappa shape index (κ3) is 4.93. The summed E-state index contributed by atoms with van der Waals surface area (Å²) in [5.74, 6) is -0.277. The lowest BCUT2D eigenvalue weighted by Crippen LogP contribution is -2.34. The van der Waals surface area contributed by atoms with Crippen molar-refractivity contribution in [3.63, 3.8) is 0 Å². The minimum atomic E-state index is -0.707. The predicted molar refractivity (Wildman–Crippen MR) is 81.6 cm³/mol. The molecule has 2 N–H and O–H groups in total. The van der Waals surface area contributed by atoms with Crippen molar-refractivity contribution in [1.82, 2.24) is 10.3 Å². The first-order valence-corrected chi connectivity index (χ1v) is 7.50. The number of hydrogen-bond donors (Lipinski definition) is 2. The molecule has 1 aromatic carbocycles. The van der Waals surface area contributed by atoms with Gasteiger partial charge < -0.3 is 15.2 Å². The smallest absolute Gasteiger partial charge is 0.270 e. The van der Waals surface area contributed by atoms with E-state index < -0.39 is 6.10 Å². The van der Waals surface area contributed by atoms with Gasteiger partial charge in [-0.3, -0.25) is 4.79 Å². The molecular formula is C15H18N2O3S. The monoisotopic (exact) mass is 306 g/mol. The lowest BCUT2D eigenvalue weighted by Gasteiger charge is -2.09. The third-order valence-corrected chi connectivity index (χ3v) is 3.69. The summed E-state index contributed by atoms with van der Waals surface area (Å²) in [6.45, 7) is 0.342. The van der Waals surface area contributed by atoms with Crippen LogP contribution in [-0.2, 0) is 11.2 Å². The van der Waals surface area contributed by atoms with Gasteiger partial charge in [0, 0.05) is 25.5 Å². The minimum Gasteiger partial charge on any atom is -0.389 e. The largest absolute Gasteiger partial charge is 0.389 e. The summed E-state index contributed by atoms with van der Waals surface area (Å²) in [5.41, 5.74) is 1.55. The van der Waals surface area contributed by atoms with Gasteiger partial charge in [-0.2, -0.15) is 0 Å². The molecule has 1 atom stereocenters. The first kappa shape index (κ1) is 15.6. The van der Waals surface area contributed by atoms with Gasteiger partial charge in [-0.25, -0.2) is 4.98 Å². The van der Waals surface area contributed by atoms with Crippen LogP contribution < -0.4 is 5.32 Å². The Balaban J connectivity index is 1.89. The number of carbonyl (C=O) groups is 1. The van der Waals surface area contributed by atoms with Crippen LogP contribution in [0, 0.1) is 0 Å². The lowest BCUT2D eigenvalue weighted by molar-refractivity contribution is 0.0609. The van der Waals surface area contributed by atoms with Gasteiger partial charge >= 0.3 is 0 Å². The third-order valence-electron chi connectivity index (χ3n) is 2.84. The highest BCUT2D eigenvalue weighted by Gasteiger charge is 2.12. The zero-order valence-electron chi connectivity index (χ0n) is 11.8. The van der Waals surface area contributed by atoms with E-state index in [9.17, 15) is 9.90 Å². The molecule has 0 spiro atoms. The summed E-state index contributed by atoms with van der Waals surface area (Å²) >= 11 is 1.46. The highest BCUT2D eigenvalue weighted by Crippen LogP contribution is 2.14. The Labute approximate surface area is 127 Å². The van der Waals surface area contributed by atoms with Crippen molar-refractivity contribution in [2.75, 3.05) is 20.3 Å². The van der Waals surface area contributed by atoms with Crippen LogP contribution in [0.2, 0.25) is 0 Å². The van der Waals surface area contributed by atoms with Crippen molar-refractivity contribution in [2.24, 2.45) is 0 Å². The quantitative estimate of drug-likeness (QED) is 0.812. The second-order valence-electron chi connectivity index (χ2n) is 4.61. The van der Waals surface area contributed by atoms with Gasteiger partial charge in [-0.05, 0) is 5.56 Å². The van der Waals surface area contributed by atoms with Crippen LogP contribution in [-0.4, -0.2) is 42.4 Å². The van der Waals surface area contributed by atoms with Crippen LogP contribution in [0.4, 0.5) is 0 Å². The van der Waals surface area contributed by atoms with Gasteiger partial charge in [-0.15, -0.1) is 11.3 Å². The molecule has 0 radical (unpaired) electrons. The predicted octanol–water partition coefficient (Wildman–Crippen LogP) is 1.47. The molecule has 0 fully saturated rings. The second-order valence-corrected chi connectivity index (χ2v) is 5.55. The summed E-state index contributed by atoms with van der Waals surface area (Å²) in [4.78, 5) is 16.2. The van der Waals surface area contributed by atoms with Gasteiger partial charge in [-0.1, -0.05) is 30.3 Å². The van der Waals surface area contributed by atoms with E-state index >= 15 is 0 Å². The van der Waals surface area contributed by atoms with Gasteiger partial charge in [0.1, 0.15) is 5.69 Å². The molecule has 0 aliphatic carbocycles. The number of rotatable bonds is 7. The molecule has 112 valence electrons. The molecule has 2 rings (SSSR count). The molecule has 0 aliphatic rings. The Hall–Kier alpha value is -1.76. The Kier molecular flexibility index (Phi) is 5.86. The van der Waals surface area contributed by atoms with E-state index in [4.69, 9.17) is 4.74 Å². The zero-order chi connectivity index (χ0) is 15.1. The molecule has 0 saturated carbocycles. The maximum absolute atomic E-state index is 11.9. The van der Waals surface area contributed by atoms with E-state index in [1.807, 2.05) is 30.3 Å². The van der Waals surface area contributed by atoms with Crippen molar-refractivity contribution in [1.29, 1.82) is 0 Å². The van der Waals surface area contributed by atoms with Crippen LogP contribution in [0.1, 0.15) is 21.1 Å². The van der Waals surface area contributed by atoms with Gasteiger partial charge in [0.15, 0.2) is 0 Å². The summed E-state index contributed by atoms with van der Waals surface area (Å²) < 4.78 is 4.80. The molecule has 1 heterocycles. The summed E-state index contributed by atoms with van der Waals surface area (Å²) in [7, 11) is 1.50. The Morgan fingerprint density at radius 3 is 2.90 bits per heavy atom. The lowest BCUT2D eigenvalue weighted by atomic mass is 10.2. The molecule has 0 saturated heterocycles. The maximum Gasteiger partial charge on any atom is 0.270 e. The van der Waals surface area contributed by atoms with Crippen LogP contribution in [0.3, 0.4) is 0 Å². The highest BCUT2D eigenvalue weighted by atomic mass is 32.1. The normalized spacial score (nSPS) is 12.1. The first-order valence-electron chi connectivity index (χ1n) is 6.62. The fourth-order valence-corrected chi connectivity index (χ4v) is 2.63. The van der Waals surface area contributed by atoms with E-state index in [1.54, 1.807) is 5.38 Å². The highest BCUT2D eigenvalue weighted by molar-refractivity contribution is 7.09. The standard InChI is InChI=1S/C15H18N2O3S/c1-20-9-12(18)8-16-15(19)13-10-21-14(17-13)7-11-5-3-2-4-6-11/h2-6,10,12,18H,7-9H2,1H3,(H,16,19). The van der Waals surface area contributed by atoms with Crippen molar-refractivity contribution in [2.45, 2.75) is 12.5 Å². The average Bonchev–Trinajstić information content (AvgIpc) is 2.95. The number of aromatic nitrogens is 1. The number of hydrogen-bond acceptors (Lipinski definition) is 5. The van der Waals surface area contributed by atoms with E-state index in [0.717, 1.165) is 10.6 Å². The van der Waals surface area contributed by atoms with Gasteiger partial charge in [0.05, 0.1) is 17.7 Å². The summed E-state index contributed by atoms with van der Waals surface area (Å²) in [6.07, 6.45) is 0.00632. The molecule has 5 nitrogen and oxygen atoms in total. The fraction of sp³-hybridized carbons (Fsp3) is 0.333. The first-order chi connectivity index (χ1) is 10.2. The number of benzene rings is 1. The molecule has 0 bridgehead atoms. The van der Waals surface area contributed by atoms with E-state index in [-0.39, 0.29) is 19.1 Å². The topological polar surface area (TPSA) is 71.5 Å². The molecule has 1 unspecified atom stereocenters. The number of methoxy groups -OCH3 is 1. The Bertz CT molecular complexity index is 571. The van der Waals surface area contributed by atoms with Crippen LogP contribution in [0.5, 0.6) is 0 Å². The van der Waals surface area contributed by atoms with Crippen LogP contribution in [0.15, 0.2) is 35.7 Å². The molecule has 21 heavy (non-hydrogen) atoms. The average molecular weight is 306 g/mol. The molecule has 2 aromatic rings. The SMILES string of the molecule is COCC(O)CNC(=O)c1csc(Cc2ccccc2)n1.